The second-order valence-electron chi connectivity index (χ2n) is 6.65. The van der Waals surface area contributed by atoms with Gasteiger partial charge < -0.3 is 20.3 Å². The van der Waals surface area contributed by atoms with Crippen LogP contribution in [0.15, 0.2) is 12.3 Å². The van der Waals surface area contributed by atoms with Gasteiger partial charge in [-0.05, 0) is 37.7 Å². The van der Waals surface area contributed by atoms with E-state index in [0.717, 1.165) is 42.3 Å². The molecule has 7 nitrogen and oxygen atoms in total. The minimum atomic E-state index is -0.894. The number of piperidine rings is 1. The molecule has 23 heavy (non-hydrogen) atoms. The maximum Gasteiger partial charge on any atom is 0.251 e. The number of aryl methyl sites for hydroxylation is 1. The average Bonchev–Trinajstić information content (AvgIpc) is 2.91. The molecule has 1 saturated heterocycles. The smallest absolute Gasteiger partial charge is 0.251 e. The van der Waals surface area contributed by atoms with Crippen LogP contribution in [0.4, 0.5) is 5.82 Å². The number of aliphatic hydroxyl groups is 1. The van der Waals surface area contributed by atoms with Gasteiger partial charge in [0.15, 0.2) is 0 Å². The molecule has 1 aliphatic carbocycles. The molecular weight excluding hydrogens is 294 g/mol. The van der Waals surface area contributed by atoms with Crippen molar-refractivity contribution in [3.8, 4) is 0 Å². The van der Waals surface area contributed by atoms with Gasteiger partial charge in [-0.15, -0.1) is 0 Å². The van der Waals surface area contributed by atoms with Crippen molar-refractivity contribution in [3.05, 3.63) is 18.1 Å². The Labute approximate surface area is 134 Å². The molecule has 2 fully saturated rings. The first-order valence-corrected chi connectivity index (χ1v) is 8.07. The number of nitrogens with zero attached hydrogens (tertiary/aromatic N) is 3. The number of aromatic nitrogens is 3. The van der Waals surface area contributed by atoms with Crippen molar-refractivity contribution >= 4 is 22.8 Å². The van der Waals surface area contributed by atoms with Crippen molar-refractivity contribution in [1.29, 1.82) is 0 Å². The molecule has 0 radical (unpaired) electrons. The molecule has 3 heterocycles. The van der Waals surface area contributed by atoms with Crippen LogP contribution in [0.1, 0.15) is 12.7 Å². The molecule has 4 rings (SSSR count). The number of H-pyrrole nitrogens is 1. The van der Waals surface area contributed by atoms with Crippen molar-refractivity contribution in [2.45, 2.75) is 20.0 Å². The third-order valence-electron chi connectivity index (χ3n) is 5.07. The van der Waals surface area contributed by atoms with E-state index in [2.05, 4.69) is 20.3 Å². The van der Waals surface area contributed by atoms with E-state index in [1.54, 1.807) is 4.90 Å². The summed E-state index contributed by atoms with van der Waals surface area (Å²) >= 11 is 0. The summed E-state index contributed by atoms with van der Waals surface area (Å²) < 4.78 is 0. The molecule has 1 unspecified atom stereocenters. The van der Waals surface area contributed by atoms with Gasteiger partial charge in [0, 0.05) is 25.8 Å². The summed E-state index contributed by atoms with van der Waals surface area (Å²) in [6.07, 6.45) is 0.977. The number of likely N-dealkylation sites (tertiary alicyclic amines) is 1. The number of hydrogen-bond donors (Lipinski definition) is 3. The number of anilines is 1. The summed E-state index contributed by atoms with van der Waals surface area (Å²) in [7, 11) is 0. The maximum absolute atomic E-state index is 11.8. The Kier molecular flexibility index (Phi) is 3.26. The Hall–Kier alpha value is -2.15. The highest BCUT2D eigenvalue weighted by atomic mass is 16.3. The van der Waals surface area contributed by atoms with Crippen LogP contribution >= 0.6 is 0 Å². The summed E-state index contributed by atoms with van der Waals surface area (Å²) in [5, 5.41) is 13.8. The number of amides is 1. The summed E-state index contributed by atoms with van der Waals surface area (Å²) in [4.78, 5) is 25.6. The quantitative estimate of drug-likeness (QED) is 0.774. The zero-order valence-electron chi connectivity index (χ0n) is 13.3. The van der Waals surface area contributed by atoms with Gasteiger partial charge in [-0.2, -0.15) is 0 Å². The van der Waals surface area contributed by atoms with E-state index in [4.69, 9.17) is 0 Å². The molecule has 122 valence electrons. The SMILES string of the molecule is Cc1nc(NCC2[C@H]3CN(C(=O)[C@H](C)O)C[C@@H]23)c2cc[nH]c2n1. The van der Waals surface area contributed by atoms with E-state index >= 15 is 0 Å². The van der Waals surface area contributed by atoms with Crippen LogP contribution in [0.5, 0.6) is 0 Å². The minimum absolute atomic E-state index is 0.149. The van der Waals surface area contributed by atoms with Gasteiger partial charge in [-0.3, -0.25) is 4.79 Å². The van der Waals surface area contributed by atoms with E-state index < -0.39 is 6.10 Å². The Bertz CT molecular complexity index is 744. The van der Waals surface area contributed by atoms with Crippen LogP contribution < -0.4 is 5.32 Å². The lowest BCUT2D eigenvalue weighted by Gasteiger charge is -2.21. The average molecular weight is 315 g/mol. The van der Waals surface area contributed by atoms with Crippen LogP contribution in [-0.4, -0.2) is 56.6 Å². The monoisotopic (exact) mass is 315 g/mol. The third kappa shape index (κ3) is 2.45. The molecule has 1 aliphatic heterocycles. The summed E-state index contributed by atoms with van der Waals surface area (Å²) in [6.45, 7) is 5.82. The van der Waals surface area contributed by atoms with Gasteiger partial charge in [0.2, 0.25) is 0 Å². The number of aromatic amines is 1. The van der Waals surface area contributed by atoms with E-state index in [1.807, 2.05) is 19.2 Å². The molecule has 7 heteroatoms. The van der Waals surface area contributed by atoms with Crippen LogP contribution in [0, 0.1) is 24.7 Å². The first kappa shape index (κ1) is 14.4. The first-order chi connectivity index (χ1) is 11.0. The highest BCUT2D eigenvalue weighted by molar-refractivity contribution is 5.87. The molecule has 2 aliphatic rings. The molecule has 2 aromatic heterocycles. The molecule has 0 bridgehead atoms. The summed E-state index contributed by atoms with van der Waals surface area (Å²) in [6, 6.07) is 1.98. The number of aliphatic hydroxyl groups excluding tert-OH is 1. The fourth-order valence-electron chi connectivity index (χ4n) is 3.80. The van der Waals surface area contributed by atoms with Gasteiger partial charge in [-0.25, -0.2) is 9.97 Å². The molecular formula is C16H21N5O2. The Morgan fingerprint density at radius 2 is 2.22 bits per heavy atom. The predicted molar refractivity (Wildman–Crippen MR) is 85.8 cm³/mol. The second-order valence-corrected chi connectivity index (χ2v) is 6.65. The highest BCUT2D eigenvalue weighted by Gasteiger charge is 2.56. The molecule has 4 atom stereocenters. The van der Waals surface area contributed by atoms with Crippen molar-refractivity contribution < 1.29 is 9.90 Å². The zero-order chi connectivity index (χ0) is 16.1. The molecule has 3 N–H and O–H groups in total. The van der Waals surface area contributed by atoms with Crippen LogP contribution in [0.2, 0.25) is 0 Å². The Morgan fingerprint density at radius 3 is 2.91 bits per heavy atom. The standard InChI is InChI=1S/C16H21N5O2/c1-8(22)16(23)21-6-12-11(13(12)7-21)5-18-15-10-3-4-17-14(10)19-9(2)20-15/h3-4,8,11-13,22H,5-7H2,1-2H3,(H2,17,18,19,20)/t8-,11?,12-,13+/m0/s1. The van der Waals surface area contributed by atoms with Gasteiger partial charge in [0.1, 0.15) is 23.4 Å². The van der Waals surface area contributed by atoms with Gasteiger partial charge in [-0.1, -0.05) is 0 Å². The lowest BCUT2D eigenvalue weighted by Crippen LogP contribution is -2.38. The molecule has 1 saturated carbocycles. The fourth-order valence-corrected chi connectivity index (χ4v) is 3.80. The van der Waals surface area contributed by atoms with Crippen molar-refractivity contribution in [2.24, 2.45) is 17.8 Å². The zero-order valence-corrected chi connectivity index (χ0v) is 13.3. The molecule has 2 aromatic rings. The number of carbonyl (C=O) groups excluding carboxylic acids is 1. The summed E-state index contributed by atoms with van der Waals surface area (Å²) in [5.41, 5.74) is 0.852. The second kappa shape index (κ2) is 5.19. The molecule has 0 spiro atoms. The van der Waals surface area contributed by atoms with Crippen LogP contribution in [0.25, 0.3) is 11.0 Å². The van der Waals surface area contributed by atoms with E-state index in [1.165, 1.54) is 6.92 Å². The molecule has 0 aromatic carbocycles. The van der Waals surface area contributed by atoms with Crippen molar-refractivity contribution in [1.82, 2.24) is 19.9 Å². The number of nitrogens with one attached hydrogen (secondary N) is 2. The first-order valence-electron chi connectivity index (χ1n) is 8.07. The Morgan fingerprint density at radius 1 is 1.48 bits per heavy atom. The van der Waals surface area contributed by atoms with E-state index in [9.17, 15) is 9.90 Å². The maximum atomic E-state index is 11.8. The van der Waals surface area contributed by atoms with E-state index in [-0.39, 0.29) is 5.91 Å². The van der Waals surface area contributed by atoms with Gasteiger partial charge in [0.05, 0.1) is 5.39 Å². The summed E-state index contributed by atoms with van der Waals surface area (Å²) in [5.74, 6) is 3.15. The number of fused-ring (bicyclic) bond motifs is 2. The number of hydrogen-bond acceptors (Lipinski definition) is 5. The van der Waals surface area contributed by atoms with E-state index in [0.29, 0.717) is 17.8 Å². The predicted octanol–water partition coefficient (Wildman–Crippen LogP) is 0.763. The Balaban J connectivity index is 1.37. The number of carbonyl (C=O) groups is 1. The topological polar surface area (TPSA) is 94.1 Å². The van der Waals surface area contributed by atoms with Gasteiger partial charge in [0.25, 0.3) is 5.91 Å². The highest BCUT2D eigenvalue weighted by Crippen LogP contribution is 2.51. The fraction of sp³-hybridized carbons (Fsp3) is 0.562. The van der Waals surface area contributed by atoms with Gasteiger partial charge >= 0.3 is 0 Å². The van der Waals surface area contributed by atoms with Crippen LogP contribution in [0.3, 0.4) is 0 Å². The molecule has 1 amide bonds. The largest absolute Gasteiger partial charge is 0.384 e. The lowest BCUT2D eigenvalue weighted by atomic mass is 10.2. The lowest BCUT2D eigenvalue weighted by molar-refractivity contribution is -0.138. The normalized spacial score (nSPS) is 27.1. The number of rotatable bonds is 4. The van der Waals surface area contributed by atoms with Crippen LogP contribution in [-0.2, 0) is 4.79 Å². The third-order valence-corrected chi connectivity index (χ3v) is 5.07. The van der Waals surface area contributed by atoms with Crippen molar-refractivity contribution in [3.63, 3.8) is 0 Å². The minimum Gasteiger partial charge on any atom is -0.384 e. The van der Waals surface area contributed by atoms with Crippen molar-refractivity contribution in [2.75, 3.05) is 25.0 Å².